The number of nitrogens with one attached hydrogen (secondary N) is 1. The number of fused-ring (bicyclic) bond motifs is 1. The highest BCUT2D eigenvalue weighted by atomic mass is 19.1. The Hall–Kier alpha value is -3.53. The van der Waals surface area contributed by atoms with Crippen LogP contribution in [-0.4, -0.2) is 46.4 Å². The number of hydrogen-bond acceptors (Lipinski definition) is 5. The first kappa shape index (κ1) is 20.7. The van der Waals surface area contributed by atoms with Crippen molar-refractivity contribution in [3.63, 3.8) is 0 Å². The molecule has 0 amide bonds. The number of piperazine rings is 1. The molecule has 0 radical (unpaired) electrons. The molecule has 1 fully saturated rings. The molecule has 2 heterocycles. The third-order valence-electron chi connectivity index (χ3n) is 5.28. The molecular formula is C21H18F3N3O4. The third-order valence-corrected chi connectivity index (χ3v) is 5.28. The summed E-state index contributed by atoms with van der Waals surface area (Å²) in [5, 5.41) is 22.8. The zero-order valence-corrected chi connectivity index (χ0v) is 16.3. The van der Waals surface area contributed by atoms with Crippen molar-refractivity contribution < 1.29 is 28.2 Å². The van der Waals surface area contributed by atoms with Crippen molar-refractivity contribution in [2.24, 2.45) is 0 Å². The molecule has 3 N–H and O–H groups in total. The Morgan fingerprint density at radius 2 is 1.84 bits per heavy atom. The van der Waals surface area contributed by atoms with Crippen molar-refractivity contribution in [3.05, 3.63) is 63.7 Å². The maximum absolute atomic E-state index is 14.9. The van der Waals surface area contributed by atoms with Crippen LogP contribution >= 0.6 is 0 Å². The number of anilines is 1. The predicted molar refractivity (Wildman–Crippen MR) is 108 cm³/mol. The summed E-state index contributed by atoms with van der Waals surface area (Å²) in [4.78, 5) is 26.2. The molecule has 2 aromatic carbocycles. The molecule has 10 heteroatoms. The van der Waals surface area contributed by atoms with Gasteiger partial charge in [0.25, 0.3) is 0 Å². The Balaban J connectivity index is 2.11. The van der Waals surface area contributed by atoms with Crippen molar-refractivity contribution >= 4 is 22.6 Å². The van der Waals surface area contributed by atoms with Crippen molar-refractivity contribution in [1.82, 2.24) is 9.88 Å². The Morgan fingerprint density at radius 3 is 2.48 bits per heavy atom. The summed E-state index contributed by atoms with van der Waals surface area (Å²) in [6.45, 7) is 3.39. The second-order valence-corrected chi connectivity index (χ2v) is 7.38. The molecule has 1 atom stereocenters. The lowest BCUT2D eigenvalue weighted by molar-refractivity contribution is 0.0684. The molecule has 0 saturated carbocycles. The van der Waals surface area contributed by atoms with Gasteiger partial charge in [-0.1, -0.05) is 0 Å². The van der Waals surface area contributed by atoms with Gasteiger partial charge in [0, 0.05) is 31.7 Å². The first-order valence-corrected chi connectivity index (χ1v) is 9.47. The lowest BCUT2D eigenvalue weighted by Gasteiger charge is -2.34. The number of aromatic hydroxyl groups is 1. The fourth-order valence-electron chi connectivity index (χ4n) is 3.88. The van der Waals surface area contributed by atoms with Crippen LogP contribution in [0.4, 0.5) is 18.9 Å². The second-order valence-electron chi connectivity index (χ2n) is 7.38. The molecule has 162 valence electrons. The molecule has 0 bridgehead atoms. The Bertz CT molecular complexity index is 1280. The van der Waals surface area contributed by atoms with E-state index in [1.807, 2.05) is 6.92 Å². The highest BCUT2D eigenvalue weighted by Crippen LogP contribution is 2.31. The number of pyridine rings is 1. The normalized spacial score (nSPS) is 16.6. The standard InChI is InChI=1S/C21H18F3N3O4/c1-10-9-26(5-4-25-10)17-8-16-12(7-14(17)24)19(28)20(29)18(21(30)31)27(16)15-3-2-11(22)6-13(15)23/h2-3,6-8,10,25,29H,4-5,9H2,1H3,(H,30,31). The average Bonchev–Trinajstić information content (AvgIpc) is 2.70. The molecular weight excluding hydrogens is 415 g/mol. The van der Waals surface area contributed by atoms with Crippen LogP contribution < -0.4 is 15.6 Å². The first-order valence-electron chi connectivity index (χ1n) is 9.47. The number of carboxylic acid groups (broad SMARTS) is 1. The number of rotatable bonds is 3. The number of hydrogen-bond donors (Lipinski definition) is 3. The van der Waals surface area contributed by atoms with Gasteiger partial charge in [-0.15, -0.1) is 0 Å². The van der Waals surface area contributed by atoms with E-state index < -0.39 is 46.0 Å². The minimum Gasteiger partial charge on any atom is -0.502 e. The number of aromatic nitrogens is 1. The van der Waals surface area contributed by atoms with Crippen LogP contribution in [-0.2, 0) is 0 Å². The number of aromatic carboxylic acids is 1. The van der Waals surface area contributed by atoms with E-state index in [9.17, 15) is 33.0 Å². The first-order chi connectivity index (χ1) is 14.7. The van der Waals surface area contributed by atoms with Crippen molar-refractivity contribution in [2.45, 2.75) is 13.0 Å². The largest absolute Gasteiger partial charge is 0.502 e. The summed E-state index contributed by atoms with van der Waals surface area (Å²) >= 11 is 0. The molecule has 1 unspecified atom stereocenters. The van der Waals surface area contributed by atoms with Gasteiger partial charge in [0.2, 0.25) is 5.43 Å². The van der Waals surface area contributed by atoms with Crippen LogP contribution in [0.1, 0.15) is 17.4 Å². The van der Waals surface area contributed by atoms with Crippen LogP contribution in [0.15, 0.2) is 35.1 Å². The Morgan fingerprint density at radius 1 is 1.13 bits per heavy atom. The predicted octanol–water partition coefficient (Wildman–Crippen LogP) is 2.61. The lowest BCUT2D eigenvalue weighted by Crippen LogP contribution is -2.49. The van der Waals surface area contributed by atoms with E-state index >= 15 is 0 Å². The minimum absolute atomic E-state index is 0.0509. The van der Waals surface area contributed by atoms with E-state index in [0.29, 0.717) is 25.7 Å². The lowest BCUT2D eigenvalue weighted by atomic mass is 10.1. The van der Waals surface area contributed by atoms with E-state index in [-0.39, 0.29) is 22.6 Å². The van der Waals surface area contributed by atoms with Gasteiger partial charge in [-0.3, -0.25) is 9.36 Å². The summed E-state index contributed by atoms with van der Waals surface area (Å²) in [5.41, 5.74) is -2.46. The third kappa shape index (κ3) is 3.48. The van der Waals surface area contributed by atoms with Crippen molar-refractivity contribution in [2.75, 3.05) is 24.5 Å². The van der Waals surface area contributed by atoms with Crippen LogP contribution in [0.25, 0.3) is 16.6 Å². The average molecular weight is 433 g/mol. The van der Waals surface area contributed by atoms with Gasteiger partial charge in [0.05, 0.1) is 22.3 Å². The summed E-state index contributed by atoms with van der Waals surface area (Å²) in [6.07, 6.45) is 0. The smallest absolute Gasteiger partial charge is 0.356 e. The molecule has 0 spiro atoms. The second kappa shape index (κ2) is 7.62. The molecule has 1 saturated heterocycles. The van der Waals surface area contributed by atoms with Gasteiger partial charge < -0.3 is 20.4 Å². The number of carbonyl (C=O) groups is 1. The molecule has 7 nitrogen and oxygen atoms in total. The maximum Gasteiger partial charge on any atom is 0.356 e. The Kier molecular flexibility index (Phi) is 5.10. The molecule has 0 aliphatic carbocycles. The maximum atomic E-state index is 14.9. The van der Waals surface area contributed by atoms with E-state index in [4.69, 9.17) is 0 Å². The number of halogens is 3. The van der Waals surface area contributed by atoms with E-state index in [2.05, 4.69) is 5.32 Å². The number of benzene rings is 2. The molecule has 3 aromatic rings. The summed E-state index contributed by atoms with van der Waals surface area (Å²) < 4.78 is 43.8. The topological polar surface area (TPSA) is 94.8 Å². The van der Waals surface area contributed by atoms with Gasteiger partial charge in [-0.2, -0.15) is 0 Å². The SMILES string of the molecule is CC1CN(c2cc3c(cc2F)c(=O)c(O)c(C(=O)O)n3-c2ccc(F)cc2F)CCN1. The number of carboxylic acids is 1. The van der Waals surface area contributed by atoms with Gasteiger partial charge in [-0.05, 0) is 31.2 Å². The van der Waals surface area contributed by atoms with Crippen molar-refractivity contribution in [1.29, 1.82) is 0 Å². The summed E-state index contributed by atoms with van der Waals surface area (Å²) in [6, 6.07) is 4.63. The Labute approximate surface area is 174 Å². The molecule has 1 aliphatic rings. The van der Waals surface area contributed by atoms with Crippen LogP contribution in [0.3, 0.4) is 0 Å². The van der Waals surface area contributed by atoms with Gasteiger partial charge in [-0.25, -0.2) is 18.0 Å². The van der Waals surface area contributed by atoms with E-state index in [0.717, 1.165) is 22.8 Å². The quantitative estimate of drug-likeness (QED) is 0.588. The van der Waals surface area contributed by atoms with Gasteiger partial charge in [0.1, 0.15) is 17.5 Å². The van der Waals surface area contributed by atoms with Gasteiger partial charge >= 0.3 is 5.97 Å². The zero-order valence-electron chi connectivity index (χ0n) is 16.3. The molecule has 1 aliphatic heterocycles. The number of nitrogens with zero attached hydrogens (tertiary/aromatic N) is 2. The monoisotopic (exact) mass is 433 g/mol. The molecule has 31 heavy (non-hydrogen) atoms. The van der Waals surface area contributed by atoms with Crippen LogP contribution in [0.2, 0.25) is 0 Å². The van der Waals surface area contributed by atoms with Crippen LogP contribution in [0, 0.1) is 17.5 Å². The van der Waals surface area contributed by atoms with Crippen LogP contribution in [0.5, 0.6) is 5.75 Å². The molecule has 1 aromatic heterocycles. The van der Waals surface area contributed by atoms with Gasteiger partial charge in [0.15, 0.2) is 11.4 Å². The highest BCUT2D eigenvalue weighted by molar-refractivity contribution is 5.96. The fourth-order valence-corrected chi connectivity index (χ4v) is 3.88. The minimum atomic E-state index is -1.71. The summed E-state index contributed by atoms with van der Waals surface area (Å²) in [7, 11) is 0. The van der Waals surface area contributed by atoms with Crippen molar-refractivity contribution in [3.8, 4) is 11.4 Å². The summed E-state index contributed by atoms with van der Waals surface area (Å²) in [5.74, 6) is -5.64. The van der Waals surface area contributed by atoms with E-state index in [1.54, 1.807) is 4.90 Å². The molecule has 4 rings (SSSR count). The van der Waals surface area contributed by atoms with E-state index in [1.165, 1.54) is 6.07 Å². The zero-order chi connectivity index (χ0) is 22.4. The highest BCUT2D eigenvalue weighted by Gasteiger charge is 2.27. The fraction of sp³-hybridized carbons (Fsp3) is 0.238.